The number of nitrogens with zero attached hydrogens (tertiary/aromatic N) is 3. The Morgan fingerprint density at radius 2 is 1.89 bits per heavy atom. The summed E-state index contributed by atoms with van der Waals surface area (Å²) in [5, 5.41) is 6.42. The standard InChI is InChI=1S/C25H23N5O5/c1-35-15-5-7-17-19(12-15)27-13-28-22(17)26-10-2-3-14-4-6-16-18(11-14)25(34)30(24(16)33)20-8-9-21(31)29-23(20)32/h4-7,11-13,20H,2-3,8-10H2,1H3,(H,26,27,28)(H,29,31,32). The van der Waals surface area contributed by atoms with Gasteiger partial charge in [0.2, 0.25) is 11.8 Å². The van der Waals surface area contributed by atoms with Crippen LogP contribution >= 0.6 is 0 Å². The third-order valence-corrected chi connectivity index (χ3v) is 6.28. The fourth-order valence-corrected chi connectivity index (χ4v) is 4.48. The van der Waals surface area contributed by atoms with E-state index in [1.54, 1.807) is 19.2 Å². The maximum Gasteiger partial charge on any atom is 0.262 e. The molecule has 1 fully saturated rings. The number of imide groups is 2. The molecule has 178 valence electrons. The molecule has 2 N–H and O–H groups in total. The first-order valence-corrected chi connectivity index (χ1v) is 11.3. The highest BCUT2D eigenvalue weighted by atomic mass is 16.5. The van der Waals surface area contributed by atoms with Crippen molar-refractivity contribution in [3.05, 3.63) is 59.4 Å². The van der Waals surface area contributed by atoms with E-state index in [9.17, 15) is 19.2 Å². The Balaban J connectivity index is 1.23. The van der Waals surface area contributed by atoms with E-state index in [-0.39, 0.29) is 18.4 Å². The molecular formula is C25H23N5O5. The number of methoxy groups -OCH3 is 1. The average Bonchev–Trinajstić information content (AvgIpc) is 3.11. The minimum absolute atomic E-state index is 0.0945. The van der Waals surface area contributed by atoms with Crippen molar-refractivity contribution in [2.75, 3.05) is 19.0 Å². The molecule has 2 aliphatic heterocycles. The number of amides is 4. The topological polar surface area (TPSA) is 131 Å². The fourth-order valence-electron chi connectivity index (χ4n) is 4.48. The molecule has 3 aromatic rings. The normalized spacial score (nSPS) is 17.5. The summed E-state index contributed by atoms with van der Waals surface area (Å²) in [7, 11) is 1.61. The Morgan fingerprint density at radius 1 is 1.06 bits per heavy atom. The largest absolute Gasteiger partial charge is 0.497 e. The number of piperidine rings is 1. The number of aryl methyl sites for hydroxylation is 1. The molecule has 10 heteroatoms. The van der Waals surface area contributed by atoms with Gasteiger partial charge in [-0.3, -0.25) is 29.4 Å². The molecule has 2 aliphatic rings. The Hall–Kier alpha value is -4.34. The van der Waals surface area contributed by atoms with Gasteiger partial charge < -0.3 is 10.1 Å². The van der Waals surface area contributed by atoms with Crippen molar-refractivity contribution in [3.63, 3.8) is 0 Å². The van der Waals surface area contributed by atoms with Crippen LogP contribution in [0.5, 0.6) is 5.75 Å². The fraction of sp³-hybridized carbons (Fsp3) is 0.280. The molecule has 0 radical (unpaired) electrons. The van der Waals surface area contributed by atoms with Crippen LogP contribution in [0.15, 0.2) is 42.7 Å². The number of aromatic nitrogens is 2. The van der Waals surface area contributed by atoms with Crippen LogP contribution in [0.2, 0.25) is 0 Å². The Labute approximate surface area is 200 Å². The zero-order valence-electron chi connectivity index (χ0n) is 19.0. The average molecular weight is 473 g/mol. The molecule has 1 unspecified atom stereocenters. The van der Waals surface area contributed by atoms with Crippen LogP contribution in [0, 0.1) is 0 Å². The van der Waals surface area contributed by atoms with Gasteiger partial charge in [-0.05, 0) is 49.1 Å². The number of benzene rings is 2. The summed E-state index contributed by atoms with van der Waals surface area (Å²) < 4.78 is 5.24. The summed E-state index contributed by atoms with van der Waals surface area (Å²) in [4.78, 5) is 59.0. The summed E-state index contributed by atoms with van der Waals surface area (Å²) in [5.74, 6) is -0.552. The Morgan fingerprint density at radius 3 is 2.69 bits per heavy atom. The van der Waals surface area contributed by atoms with Crippen LogP contribution in [0.3, 0.4) is 0 Å². The first-order chi connectivity index (χ1) is 17.0. The molecule has 1 atom stereocenters. The number of hydrogen-bond acceptors (Lipinski definition) is 8. The Kier molecular flexibility index (Phi) is 5.86. The monoisotopic (exact) mass is 473 g/mol. The predicted octanol–water partition coefficient (Wildman–Crippen LogP) is 2.08. The van der Waals surface area contributed by atoms with Gasteiger partial charge >= 0.3 is 0 Å². The lowest BCUT2D eigenvalue weighted by molar-refractivity contribution is -0.136. The summed E-state index contributed by atoms with van der Waals surface area (Å²) in [6.45, 7) is 0.643. The van der Waals surface area contributed by atoms with Gasteiger partial charge in [-0.2, -0.15) is 0 Å². The summed E-state index contributed by atoms with van der Waals surface area (Å²) >= 11 is 0. The number of hydrogen-bond donors (Lipinski definition) is 2. The second-order valence-electron chi connectivity index (χ2n) is 8.46. The molecule has 35 heavy (non-hydrogen) atoms. The molecular weight excluding hydrogens is 450 g/mol. The molecule has 2 aromatic carbocycles. The lowest BCUT2D eigenvalue weighted by Gasteiger charge is -2.27. The highest BCUT2D eigenvalue weighted by molar-refractivity contribution is 6.23. The van der Waals surface area contributed by atoms with Gasteiger partial charge in [0.25, 0.3) is 11.8 Å². The molecule has 10 nitrogen and oxygen atoms in total. The number of ether oxygens (including phenoxy) is 1. The number of carbonyl (C=O) groups is 4. The van der Waals surface area contributed by atoms with Crippen molar-refractivity contribution in [1.29, 1.82) is 0 Å². The zero-order valence-corrected chi connectivity index (χ0v) is 19.0. The van der Waals surface area contributed by atoms with Gasteiger partial charge in [-0.1, -0.05) is 6.07 Å². The highest BCUT2D eigenvalue weighted by Gasteiger charge is 2.44. The van der Waals surface area contributed by atoms with Gasteiger partial charge in [-0.15, -0.1) is 0 Å². The number of rotatable bonds is 7. The van der Waals surface area contributed by atoms with Crippen molar-refractivity contribution < 1.29 is 23.9 Å². The second-order valence-corrected chi connectivity index (χ2v) is 8.46. The van der Waals surface area contributed by atoms with Crippen molar-refractivity contribution in [2.24, 2.45) is 0 Å². The first-order valence-electron chi connectivity index (χ1n) is 11.3. The van der Waals surface area contributed by atoms with Crippen molar-refractivity contribution in [2.45, 2.75) is 31.7 Å². The van der Waals surface area contributed by atoms with E-state index in [2.05, 4.69) is 20.6 Å². The van der Waals surface area contributed by atoms with E-state index in [0.29, 0.717) is 18.5 Å². The number of anilines is 1. The smallest absolute Gasteiger partial charge is 0.262 e. The SMILES string of the molecule is COc1ccc2c(NCCCc3ccc4c(c3)C(=O)N(C3CCC(=O)NC3=O)C4=O)ncnc2c1. The van der Waals surface area contributed by atoms with Crippen molar-refractivity contribution in [3.8, 4) is 5.75 Å². The quantitative estimate of drug-likeness (QED) is 0.394. The predicted molar refractivity (Wildman–Crippen MR) is 126 cm³/mol. The van der Waals surface area contributed by atoms with Crippen LogP contribution in [0.4, 0.5) is 5.82 Å². The molecule has 5 rings (SSSR count). The van der Waals surface area contributed by atoms with E-state index < -0.39 is 29.7 Å². The minimum Gasteiger partial charge on any atom is -0.497 e. The molecule has 3 heterocycles. The lowest BCUT2D eigenvalue weighted by Crippen LogP contribution is -2.54. The lowest BCUT2D eigenvalue weighted by atomic mass is 10.0. The number of nitrogens with one attached hydrogen (secondary N) is 2. The van der Waals surface area contributed by atoms with E-state index in [0.717, 1.165) is 39.4 Å². The minimum atomic E-state index is -0.963. The van der Waals surface area contributed by atoms with Crippen LogP contribution in [-0.2, 0) is 16.0 Å². The third kappa shape index (κ3) is 4.18. The van der Waals surface area contributed by atoms with Gasteiger partial charge in [0.05, 0.1) is 23.8 Å². The summed E-state index contributed by atoms with van der Waals surface area (Å²) in [6, 6.07) is 9.83. The van der Waals surface area contributed by atoms with Crippen LogP contribution in [0.1, 0.15) is 45.5 Å². The van der Waals surface area contributed by atoms with Gasteiger partial charge in [0.1, 0.15) is 23.9 Å². The molecule has 1 aromatic heterocycles. The first kappa shape index (κ1) is 22.5. The van der Waals surface area contributed by atoms with Crippen LogP contribution < -0.4 is 15.4 Å². The number of carbonyl (C=O) groups excluding carboxylic acids is 4. The molecule has 0 aliphatic carbocycles. The zero-order chi connectivity index (χ0) is 24.5. The Bertz CT molecular complexity index is 1370. The maximum atomic E-state index is 13.0. The van der Waals surface area contributed by atoms with Crippen LogP contribution in [0.25, 0.3) is 10.9 Å². The second kappa shape index (κ2) is 9.13. The van der Waals surface area contributed by atoms with Gasteiger partial charge in [0.15, 0.2) is 0 Å². The van der Waals surface area contributed by atoms with Crippen LogP contribution in [-0.4, -0.2) is 58.2 Å². The van der Waals surface area contributed by atoms with Gasteiger partial charge in [0, 0.05) is 24.4 Å². The van der Waals surface area contributed by atoms with E-state index in [1.807, 2.05) is 24.3 Å². The highest BCUT2D eigenvalue weighted by Crippen LogP contribution is 2.29. The molecule has 0 spiro atoms. The number of fused-ring (bicyclic) bond motifs is 2. The van der Waals surface area contributed by atoms with Crippen molar-refractivity contribution >= 4 is 40.3 Å². The van der Waals surface area contributed by atoms with E-state index >= 15 is 0 Å². The molecule has 0 saturated carbocycles. The third-order valence-electron chi connectivity index (χ3n) is 6.28. The van der Waals surface area contributed by atoms with E-state index in [4.69, 9.17) is 4.74 Å². The van der Waals surface area contributed by atoms with E-state index in [1.165, 1.54) is 6.33 Å². The molecule has 4 amide bonds. The summed E-state index contributed by atoms with van der Waals surface area (Å²) in [5.41, 5.74) is 2.27. The maximum absolute atomic E-state index is 13.0. The summed E-state index contributed by atoms with van der Waals surface area (Å²) in [6.07, 6.45) is 3.17. The van der Waals surface area contributed by atoms with Crippen molar-refractivity contribution in [1.82, 2.24) is 20.2 Å². The molecule has 1 saturated heterocycles. The molecule has 0 bridgehead atoms. The van der Waals surface area contributed by atoms with Gasteiger partial charge in [-0.25, -0.2) is 9.97 Å².